The molecule has 0 bridgehead atoms. The number of aryl methyl sites for hydroxylation is 1. The number of fused-ring (bicyclic) bond motifs is 2. The van der Waals surface area contributed by atoms with Gasteiger partial charge in [-0.3, -0.25) is 14.8 Å². The molecule has 1 saturated heterocycles. The molecule has 1 aromatic heterocycles. The van der Waals surface area contributed by atoms with E-state index in [4.69, 9.17) is 9.72 Å². The lowest BCUT2D eigenvalue weighted by atomic mass is 9.89. The van der Waals surface area contributed by atoms with Gasteiger partial charge in [0.1, 0.15) is 0 Å². The molecular formula is C27H36N4O. The largest absolute Gasteiger partial charge is 0.379 e. The smallest absolute Gasteiger partial charge is 0.0607 e. The van der Waals surface area contributed by atoms with Crippen molar-refractivity contribution in [3.63, 3.8) is 0 Å². The van der Waals surface area contributed by atoms with Crippen molar-refractivity contribution in [2.24, 2.45) is 0 Å². The van der Waals surface area contributed by atoms with Crippen LogP contribution in [0.2, 0.25) is 0 Å². The lowest BCUT2D eigenvalue weighted by Crippen LogP contribution is -2.45. The Hall–Kier alpha value is -2.05. The highest BCUT2D eigenvalue weighted by Crippen LogP contribution is 2.32. The Labute approximate surface area is 192 Å². The van der Waals surface area contributed by atoms with E-state index in [0.29, 0.717) is 12.1 Å². The number of nitrogens with one attached hydrogen (secondary N) is 1. The van der Waals surface area contributed by atoms with E-state index in [1.165, 1.54) is 47.2 Å². The molecule has 0 amide bonds. The average molecular weight is 433 g/mol. The quantitative estimate of drug-likeness (QED) is 0.757. The van der Waals surface area contributed by atoms with Crippen molar-refractivity contribution in [3.05, 3.63) is 70.6 Å². The monoisotopic (exact) mass is 432 g/mol. The molecule has 3 heterocycles. The number of aromatic nitrogens is 1. The van der Waals surface area contributed by atoms with Gasteiger partial charge < -0.3 is 10.1 Å². The van der Waals surface area contributed by atoms with Gasteiger partial charge in [-0.05, 0) is 61.1 Å². The number of benzene rings is 1. The lowest BCUT2D eigenvalue weighted by Gasteiger charge is -2.36. The van der Waals surface area contributed by atoms with Crippen LogP contribution in [0.4, 0.5) is 0 Å². The lowest BCUT2D eigenvalue weighted by molar-refractivity contribution is 0.0435. The summed E-state index contributed by atoms with van der Waals surface area (Å²) in [6.45, 7) is 6.80. The van der Waals surface area contributed by atoms with Gasteiger partial charge in [0.15, 0.2) is 0 Å². The number of hydrogen-bond donors (Lipinski definition) is 1. The molecule has 1 fully saturated rings. The molecule has 32 heavy (non-hydrogen) atoms. The zero-order chi connectivity index (χ0) is 21.8. The van der Waals surface area contributed by atoms with Crippen LogP contribution >= 0.6 is 0 Å². The summed E-state index contributed by atoms with van der Waals surface area (Å²) in [4.78, 5) is 9.75. The maximum atomic E-state index is 5.46. The van der Waals surface area contributed by atoms with Crippen LogP contribution in [0.15, 0.2) is 42.6 Å². The maximum absolute atomic E-state index is 5.46. The highest BCUT2D eigenvalue weighted by molar-refractivity contribution is 5.57. The number of rotatable bonds is 6. The summed E-state index contributed by atoms with van der Waals surface area (Å²) in [6.07, 6.45) is 11.3. The molecule has 2 aromatic rings. The first-order chi connectivity index (χ1) is 15.8. The van der Waals surface area contributed by atoms with Crippen LogP contribution in [0, 0.1) is 0 Å². The predicted molar refractivity (Wildman–Crippen MR) is 130 cm³/mol. The Kier molecular flexibility index (Phi) is 6.98. The Balaban J connectivity index is 1.24. The first-order valence-electron chi connectivity index (χ1n) is 12.2. The Morgan fingerprint density at radius 2 is 2.06 bits per heavy atom. The molecule has 2 atom stereocenters. The van der Waals surface area contributed by atoms with Gasteiger partial charge >= 0.3 is 0 Å². The standard InChI is InChI=1S/C27H36N4O/c1-30(26-11-3-7-22-9-4-12-28-27(22)26)20-24-18-25-21(6-2-8-23(25)19-29-24)10-5-13-31-14-16-32-17-15-31/h2,4-6,8-10,12,24,26,29H,3,7,11,13-20H2,1H3/b10-5+/t24-,26+/m1/s1. The van der Waals surface area contributed by atoms with Gasteiger partial charge in [0.25, 0.3) is 0 Å². The molecule has 1 aromatic carbocycles. The SMILES string of the molecule is CN(C[C@H]1Cc2c(/C=C/CN3CCOCC3)cccc2CN1)[C@H]1CCCc2cccnc21. The van der Waals surface area contributed by atoms with Gasteiger partial charge in [0, 0.05) is 45.0 Å². The van der Waals surface area contributed by atoms with Gasteiger partial charge in [-0.1, -0.05) is 36.4 Å². The second-order valence-electron chi connectivity index (χ2n) is 9.48. The van der Waals surface area contributed by atoms with Crippen LogP contribution in [0.25, 0.3) is 6.08 Å². The molecule has 5 rings (SSSR count). The van der Waals surface area contributed by atoms with Crippen LogP contribution in [0.3, 0.4) is 0 Å². The number of pyridine rings is 1. The minimum Gasteiger partial charge on any atom is -0.379 e. The molecule has 0 unspecified atom stereocenters. The summed E-state index contributed by atoms with van der Waals surface area (Å²) in [7, 11) is 2.28. The van der Waals surface area contributed by atoms with E-state index < -0.39 is 0 Å². The van der Waals surface area contributed by atoms with Gasteiger partial charge in [-0.15, -0.1) is 0 Å². The fourth-order valence-corrected chi connectivity index (χ4v) is 5.53. The third-order valence-corrected chi connectivity index (χ3v) is 7.31. The van der Waals surface area contributed by atoms with Crippen molar-refractivity contribution in [2.75, 3.05) is 46.4 Å². The topological polar surface area (TPSA) is 40.6 Å². The number of morpholine rings is 1. The van der Waals surface area contributed by atoms with E-state index in [-0.39, 0.29) is 0 Å². The van der Waals surface area contributed by atoms with Gasteiger partial charge in [0.2, 0.25) is 0 Å². The summed E-state index contributed by atoms with van der Waals surface area (Å²) in [5, 5.41) is 3.80. The third kappa shape index (κ3) is 4.96. The average Bonchev–Trinajstić information content (AvgIpc) is 2.84. The van der Waals surface area contributed by atoms with Crippen LogP contribution in [0.1, 0.15) is 46.8 Å². The molecule has 0 spiro atoms. The number of likely N-dealkylation sites (N-methyl/N-ethyl adjacent to an activating group) is 1. The summed E-state index contributed by atoms with van der Waals surface area (Å²) < 4.78 is 5.46. The summed E-state index contributed by atoms with van der Waals surface area (Å²) in [6, 6.07) is 12.0. The molecule has 5 nitrogen and oxygen atoms in total. The normalized spacial score (nSPS) is 23.9. The fourth-order valence-electron chi connectivity index (χ4n) is 5.53. The Morgan fingerprint density at radius 1 is 1.19 bits per heavy atom. The summed E-state index contributed by atoms with van der Waals surface area (Å²) >= 11 is 0. The second kappa shape index (κ2) is 10.3. The van der Waals surface area contributed by atoms with Crippen molar-refractivity contribution < 1.29 is 4.74 Å². The minimum atomic E-state index is 0.437. The molecule has 0 saturated carbocycles. The first-order valence-corrected chi connectivity index (χ1v) is 12.2. The van der Waals surface area contributed by atoms with E-state index in [1.807, 2.05) is 6.20 Å². The van der Waals surface area contributed by atoms with E-state index in [9.17, 15) is 0 Å². The minimum absolute atomic E-state index is 0.437. The van der Waals surface area contributed by atoms with E-state index in [1.54, 1.807) is 0 Å². The molecule has 170 valence electrons. The Morgan fingerprint density at radius 3 is 2.97 bits per heavy atom. The highest BCUT2D eigenvalue weighted by Gasteiger charge is 2.28. The van der Waals surface area contributed by atoms with E-state index in [2.05, 4.69) is 64.6 Å². The molecule has 1 N–H and O–H groups in total. The predicted octanol–water partition coefficient (Wildman–Crippen LogP) is 3.45. The molecule has 1 aliphatic carbocycles. The molecule has 2 aliphatic heterocycles. The van der Waals surface area contributed by atoms with Gasteiger partial charge in [-0.2, -0.15) is 0 Å². The number of ether oxygens (including phenoxy) is 1. The molecule has 3 aliphatic rings. The Bertz CT molecular complexity index is 937. The number of hydrogen-bond acceptors (Lipinski definition) is 5. The van der Waals surface area contributed by atoms with Crippen molar-refractivity contribution >= 4 is 6.08 Å². The molecule has 5 heteroatoms. The maximum Gasteiger partial charge on any atom is 0.0607 e. The van der Waals surface area contributed by atoms with Crippen molar-refractivity contribution in [1.82, 2.24) is 20.1 Å². The van der Waals surface area contributed by atoms with Crippen LogP contribution in [-0.4, -0.2) is 67.3 Å². The zero-order valence-electron chi connectivity index (χ0n) is 19.3. The summed E-state index contributed by atoms with van der Waals surface area (Å²) in [5.74, 6) is 0. The van der Waals surface area contributed by atoms with Crippen LogP contribution < -0.4 is 5.32 Å². The van der Waals surface area contributed by atoms with Gasteiger partial charge in [-0.25, -0.2) is 0 Å². The second-order valence-corrected chi connectivity index (χ2v) is 9.48. The van der Waals surface area contributed by atoms with Crippen molar-refractivity contribution in [1.29, 1.82) is 0 Å². The highest BCUT2D eigenvalue weighted by atomic mass is 16.5. The van der Waals surface area contributed by atoms with Crippen LogP contribution in [-0.2, 0) is 24.1 Å². The fraction of sp³-hybridized carbons (Fsp3) is 0.519. The van der Waals surface area contributed by atoms with Gasteiger partial charge in [0.05, 0.1) is 24.9 Å². The number of nitrogens with zero attached hydrogens (tertiary/aromatic N) is 3. The van der Waals surface area contributed by atoms with Crippen molar-refractivity contribution in [3.8, 4) is 0 Å². The molecule has 0 radical (unpaired) electrons. The first kappa shape index (κ1) is 21.8. The van der Waals surface area contributed by atoms with Crippen LogP contribution in [0.5, 0.6) is 0 Å². The summed E-state index contributed by atoms with van der Waals surface area (Å²) in [5.41, 5.74) is 7.08. The zero-order valence-corrected chi connectivity index (χ0v) is 19.3. The van der Waals surface area contributed by atoms with Crippen molar-refractivity contribution in [2.45, 2.75) is 44.3 Å². The third-order valence-electron chi connectivity index (χ3n) is 7.31. The van der Waals surface area contributed by atoms with E-state index in [0.717, 1.165) is 52.4 Å². The molecular weight excluding hydrogens is 396 g/mol. The van der Waals surface area contributed by atoms with E-state index >= 15 is 0 Å².